The van der Waals surface area contributed by atoms with E-state index in [-0.39, 0.29) is 18.7 Å². The Labute approximate surface area is 154 Å². The first-order valence-corrected chi connectivity index (χ1v) is 8.62. The Balaban J connectivity index is 1.75. The van der Waals surface area contributed by atoms with Crippen molar-refractivity contribution in [3.8, 4) is 11.1 Å². The largest absolute Gasteiger partial charge is 0.401 e. The number of benzene rings is 1. The number of aromatic amines is 1. The summed E-state index contributed by atoms with van der Waals surface area (Å²) in [7, 11) is 0. The molecular formula is C19H20F3N3O2. The monoisotopic (exact) mass is 379 g/mol. The second-order valence-corrected chi connectivity index (χ2v) is 6.73. The van der Waals surface area contributed by atoms with E-state index in [1.807, 2.05) is 30.3 Å². The van der Waals surface area contributed by atoms with Gasteiger partial charge in [0.25, 0.3) is 11.5 Å². The van der Waals surface area contributed by atoms with Crippen LogP contribution < -0.4 is 10.9 Å². The summed E-state index contributed by atoms with van der Waals surface area (Å²) in [5.41, 5.74) is 1.66. The molecule has 2 aromatic rings. The third-order valence-electron chi connectivity index (χ3n) is 4.58. The Kier molecular flexibility index (Phi) is 5.36. The second kappa shape index (κ2) is 7.56. The summed E-state index contributed by atoms with van der Waals surface area (Å²) in [6.45, 7) is 1.12. The van der Waals surface area contributed by atoms with Gasteiger partial charge in [0, 0.05) is 30.4 Å². The van der Waals surface area contributed by atoms with Crippen molar-refractivity contribution < 1.29 is 18.0 Å². The summed E-state index contributed by atoms with van der Waals surface area (Å²) >= 11 is 0. The van der Waals surface area contributed by atoms with E-state index >= 15 is 0 Å². The topological polar surface area (TPSA) is 65.2 Å². The van der Waals surface area contributed by atoms with E-state index in [0.717, 1.165) is 11.1 Å². The third kappa shape index (κ3) is 4.77. The normalized spacial score (nSPS) is 17.9. The molecule has 144 valence electrons. The van der Waals surface area contributed by atoms with E-state index in [1.165, 1.54) is 11.0 Å². The number of nitrogens with one attached hydrogen (secondary N) is 2. The molecule has 1 saturated heterocycles. The summed E-state index contributed by atoms with van der Waals surface area (Å²) in [4.78, 5) is 28.7. The molecule has 2 heterocycles. The number of hydrogen-bond acceptors (Lipinski definition) is 3. The van der Waals surface area contributed by atoms with Crippen molar-refractivity contribution in [3.05, 3.63) is 58.0 Å². The minimum absolute atomic E-state index is 0.0475. The van der Waals surface area contributed by atoms with Crippen LogP contribution in [0.3, 0.4) is 0 Å². The highest BCUT2D eigenvalue weighted by Gasteiger charge is 2.34. The van der Waals surface area contributed by atoms with Crippen molar-refractivity contribution in [2.75, 3.05) is 19.6 Å². The Morgan fingerprint density at radius 3 is 2.67 bits per heavy atom. The molecule has 2 N–H and O–H groups in total. The maximum Gasteiger partial charge on any atom is 0.401 e. The van der Waals surface area contributed by atoms with E-state index in [1.54, 1.807) is 6.92 Å². The van der Waals surface area contributed by atoms with Crippen LogP contribution in [0.25, 0.3) is 11.1 Å². The molecule has 1 atom stereocenters. The lowest BCUT2D eigenvalue weighted by atomic mass is 10.0. The van der Waals surface area contributed by atoms with E-state index in [0.29, 0.717) is 12.1 Å². The number of aryl methyl sites for hydroxylation is 1. The molecule has 1 unspecified atom stereocenters. The van der Waals surface area contributed by atoms with Gasteiger partial charge in [-0.1, -0.05) is 30.3 Å². The van der Waals surface area contributed by atoms with Crippen LogP contribution in [0.1, 0.15) is 22.5 Å². The number of pyridine rings is 1. The summed E-state index contributed by atoms with van der Waals surface area (Å²) in [6, 6.07) is 10.4. The molecule has 27 heavy (non-hydrogen) atoms. The van der Waals surface area contributed by atoms with Gasteiger partial charge in [0.1, 0.15) is 5.56 Å². The van der Waals surface area contributed by atoms with Gasteiger partial charge in [0.15, 0.2) is 0 Å². The molecule has 0 radical (unpaired) electrons. The number of carbonyl (C=O) groups excluding carboxylic acids is 1. The quantitative estimate of drug-likeness (QED) is 0.859. The Morgan fingerprint density at radius 2 is 2.00 bits per heavy atom. The van der Waals surface area contributed by atoms with Gasteiger partial charge in [-0.05, 0) is 25.0 Å². The Morgan fingerprint density at radius 1 is 1.30 bits per heavy atom. The molecular weight excluding hydrogens is 359 g/mol. The molecule has 1 amide bonds. The van der Waals surface area contributed by atoms with Crippen LogP contribution in [0.5, 0.6) is 0 Å². The van der Waals surface area contributed by atoms with Crippen molar-refractivity contribution >= 4 is 5.91 Å². The minimum Gasteiger partial charge on any atom is -0.348 e. The number of hydrogen-bond donors (Lipinski definition) is 2. The number of carbonyl (C=O) groups is 1. The molecule has 1 aliphatic heterocycles. The molecule has 1 aromatic heterocycles. The van der Waals surface area contributed by atoms with Crippen molar-refractivity contribution in [2.45, 2.75) is 25.6 Å². The molecule has 0 aliphatic carbocycles. The van der Waals surface area contributed by atoms with Crippen LogP contribution in [-0.2, 0) is 0 Å². The van der Waals surface area contributed by atoms with Crippen LogP contribution in [-0.4, -0.2) is 47.6 Å². The maximum atomic E-state index is 12.5. The van der Waals surface area contributed by atoms with Gasteiger partial charge >= 0.3 is 6.18 Å². The summed E-state index contributed by atoms with van der Waals surface area (Å²) in [5.74, 6) is -0.577. The molecule has 5 nitrogen and oxygen atoms in total. The number of likely N-dealkylation sites (tertiary alicyclic amines) is 1. The zero-order valence-corrected chi connectivity index (χ0v) is 14.8. The number of halogens is 3. The predicted molar refractivity (Wildman–Crippen MR) is 95.6 cm³/mol. The standard InChI is InChI=1S/C19H20F3N3O2/c1-12-15(13-5-3-2-4-6-13)9-16(17(26)23-12)18(27)24-14-7-8-25(10-14)11-19(20,21)22/h2-6,9,14H,7-8,10-11H2,1H3,(H,23,26)(H,24,27). The lowest BCUT2D eigenvalue weighted by molar-refractivity contribution is -0.143. The zero-order valence-electron chi connectivity index (χ0n) is 14.8. The van der Waals surface area contributed by atoms with E-state index in [4.69, 9.17) is 0 Å². The molecule has 0 spiro atoms. The number of rotatable bonds is 4. The third-order valence-corrected chi connectivity index (χ3v) is 4.58. The van der Waals surface area contributed by atoms with Crippen LogP contribution >= 0.6 is 0 Å². The first-order valence-electron chi connectivity index (χ1n) is 8.62. The zero-order chi connectivity index (χ0) is 19.6. The van der Waals surface area contributed by atoms with Gasteiger partial charge in [-0.25, -0.2) is 0 Å². The van der Waals surface area contributed by atoms with E-state index in [9.17, 15) is 22.8 Å². The van der Waals surface area contributed by atoms with Gasteiger partial charge < -0.3 is 10.3 Å². The SMILES string of the molecule is Cc1[nH]c(=O)c(C(=O)NC2CCN(CC(F)(F)F)C2)cc1-c1ccccc1. The predicted octanol–water partition coefficient (Wildman–Crippen LogP) is 2.72. The average molecular weight is 379 g/mol. The van der Waals surface area contributed by atoms with Crippen LogP contribution in [0.2, 0.25) is 0 Å². The van der Waals surface area contributed by atoms with Crippen LogP contribution in [0.4, 0.5) is 13.2 Å². The molecule has 1 aliphatic rings. The van der Waals surface area contributed by atoms with Gasteiger partial charge in [-0.2, -0.15) is 13.2 Å². The molecule has 0 bridgehead atoms. The molecule has 8 heteroatoms. The Hall–Kier alpha value is -2.61. The summed E-state index contributed by atoms with van der Waals surface area (Å²) in [6.07, 6.45) is -3.85. The number of H-pyrrole nitrogens is 1. The Bertz CT molecular complexity index is 878. The van der Waals surface area contributed by atoms with E-state index in [2.05, 4.69) is 10.3 Å². The lowest BCUT2D eigenvalue weighted by Crippen LogP contribution is -2.40. The van der Waals surface area contributed by atoms with E-state index < -0.39 is 30.2 Å². The number of alkyl halides is 3. The highest BCUT2D eigenvalue weighted by Crippen LogP contribution is 2.22. The van der Waals surface area contributed by atoms with Crippen molar-refractivity contribution in [1.29, 1.82) is 0 Å². The fraction of sp³-hybridized carbons (Fsp3) is 0.368. The number of nitrogens with zero attached hydrogens (tertiary/aromatic N) is 1. The average Bonchev–Trinajstić information content (AvgIpc) is 3.00. The van der Waals surface area contributed by atoms with Gasteiger partial charge in [-0.3, -0.25) is 14.5 Å². The summed E-state index contributed by atoms with van der Waals surface area (Å²) in [5, 5.41) is 2.68. The van der Waals surface area contributed by atoms with Crippen molar-refractivity contribution in [3.63, 3.8) is 0 Å². The highest BCUT2D eigenvalue weighted by molar-refractivity contribution is 5.95. The summed E-state index contributed by atoms with van der Waals surface area (Å²) < 4.78 is 37.5. The second-order valence-electron chi connectivity index (χ2n) is 6.73. The van der Waals surface area contributed by atoms with Crippen LogP contribution in [0.15, 0.2) is 41.2 Å². The minimum atomic E-state index is -4.27. The van der Waals surface area contributed by atoms with Gasteiger partial charge in [-0.15, -0.1) is 0 Å². The molecule has 3 rings (SSSR count). The van der Waals surface area contributed by atoms with Gasteiger partial charge in [0.2, 0.25) is 0 Å². The molecule has 1 fully saturated rings. The maximum absolute atomic E-state index is 12.5. The van der Waals surface area contributed by atoms with Crippen LogP contribution in [0, 0.1) is 6.92 Å². The number of amides is 1. The lowest BCUT2D eigenvalue weighted by Gasteiger charge is -2.18. The fourth-order valence-electron chi connectivity index (χ4n) is 3.32. The first-order chi connectivity index (χ1) is 12.7. The number of aromatic nitrogens is 1. The van der Waals surface area contributed by atoms with Gasteiger partial charge in [0.05, 0.1) is 6.54 Å². The molecule has 1 aromatic carbocycles. The fourth-order valence-corrected chi connectivity index (χ4v) is 3.32. The first kappa shape index (κ1) is 19.2. The van der Waals surface area contributed by atoms with Crippen molar-refractivity contribution in [2.24, 2.45) is 0 Å². The smallest absolute Gasteiger partial charge is 0.348 e. The van der Waals surface area contributed by atoms with Crippen molar-refractivity contribution in [1.82, 2.24) is 15.2 Å². The molecule has 0 saturated carbocycles. The highest BCUT2D eigenvalue weighted by atomic mass is 19.4.